The van der Waals surface area contributed by atoms with Gasteiger partial charge in [0.05, 0.1) is 162 Å². The van der Waals surface area contributed by atoms with Crippen molar-refractivity contribution in [3.63, 3.8) is 0 Å². The molecule has 0 spiro atoms. The lowest BCUT2D eigenvalue weighted by atomic mass is 9.92. The van der Waals surface area contributed by atoms with Crippen LogP contribution in [0, 0.1) is 5.41 Å². The third-order valence-corrected chi connectivity index (χ3v) is 19.9. The van der Waals surface area contributed by atoms with E-state index in [4.69, 9.17) is 142 Å². The zero-order chi connectivity index (χ0) is 105. The average Bonchev–Trinajstić information content (AvgIpc) is 1.70. The molecule has 8 heterocycles. The maximum Gasteiger partial charge on any atom is 0.303 e. The lowest BCUT2D eigenvalue weighted by Gasteiger charge is -2.44. The van der Waals surface area contributed by atoms with Gasteiger partial charge in [-0.15, -0.1) is 20.4 Å². The van der Waals surface area contributed by atoms with Gasteiger partial charge in [-0.25, -0.2) is 18.7 Å². The summed E-state index contributed by atoms with van der Waals surface area (Å²) in [6.45, 7) is 13.0. The smallest absolute Gasteiger partial charge is 0.303 e. The summed E-state index contributed by atoms with van der Waals surface area (Å²) in [6, 6.07) is 0. The highest BCUT2D eigenvalue weighted by Gasteiger charge is 2.58. The summed E-state index contributed by atoms with van der Waals surface area (Å²) >= 11 is 0. The zero-order valence-corrected chi connectivity index (χ0v) is 81.5. The second kappa shape index (κ2) is 58.3. The minimum atomic E-state index is -1.52. The van der Waals surface area contributed by atoms with Crippen LogP contribution in [0.3, 0.4) is 0 Å². The molecule has 4 aliphatic heterocycles. The predicted molar refractivity (Wildman–Crippen MR) is 454 cm³/mol. The van der Waals surface area contributed by atoms with Crippen molar-refractivity contribution >= 4 is 95.5 Å². The number of aromatic nitrogens is 12. The van der Waals surface area contributed by atoms with Crippen LogP contribution in [-0.2, 0) is 271 Å². The molecular weight excluding hydrogens is 1920 g/mol. The van der Waals surface area contributed by atoms with E-state index in [1.807, 2.05) is 0 Å². The Morgan fingerprint density at radius 3 is 0.678 bits per heavy atom. The van der Waals surface area contributed by atoms with Crippen molar-refractivity contribution in [3.05, 3.63) is 47.6 Å². The van der Waals surface area contributed by atoms with Gasteiger partial charge < -0.3 is 142 Å². The number of nitrogens with zero attached hydrogens (tertiary/aromatic N) is 12. The van der Waals surface area contributed by atoms with Crippen LogP contribution in [0.2, 0.25) is 0 Å². The molecule has 0 N–H and O–H groups in total. The topological polar surface area (TPSA) is 673 Å². The highest BCUT2D eigenvalue weighted by Crippen LogP contribution is 2.36. The van der Waals surface area contributed by atoms with Crippen LogP contribution in [0.5, 0.6) is 0 Å². The summed E-state index contributed by atoms with van der Waals surface area (Å²) in [5, 5.41) is 33.7. The number of hydrogen-bond acceptors (Lipinski definition) is 54. The van der Waals surface area contributed by atoms with Gasteiger partial charge in [-0.3, -0.25) is 76.7 Å². The van der Waals surface area contributed by atoms with E-state index in [2.05, 4.69) is 41.2 Å². The van der Waals surface area contributed by atoms with Gasteiger partial charge in [0, 0.05) is 111 Å². The van der Waals surface area contributed by atoms with Crippen molar-refractivity contribution in [2.45, 2.75) is 286 Å². The van der Waals surface area contributed by atoms with Gasteiger partial charge in [0.15, 0.2) is 98.4 Å². The number of carbonyl (C=O) groups is 16. The van der Waals surface area contributed by atoms with Crippen LogP contribution >= 0.6 is 0 Å². The van der Waals surface area contributed by atoms with E-state index in [-0.39, 0.29) is 155 Å². The van der Waals surface area contributed by atoms with Crippen LogP contribution in [0.15, 0.2) is 24.8 Å². The van der Waals surface area contributed by atoms with Crippen LogP contribution in [0.25, 0.3) is 0 Å². The third-order valence-electron chi connectivity index (χ3n) is 19.9. The van der Waals surface area contributed by atoms with Crippen LogP contribution < -0.4 is 0 Å². The standard InChI is InChI=1S/C85H120N12O46/c1-45(98)122-37-65-69(128-49(5)102)73(132-53(9)106)77(136-57(13)110)81(140-65)120-23-19-96-29-61(86-90-96)33-118-43-85(44-119-34-62-30-97(91-87-62)20-24-121-82-78(137-58(14)111)74(133-54(10)107)70(129-50(6)103)66(141-82)38-123-46(2)99,41-116-27-25-114-21-17-94-31-63(88-92-94)35-126-83-79(138-59(15)112)75(134-55(11)108)71(130-51(7)104)67(142-83)39-124-47(3)100)42-117-28-26-115-22-18-95-32-64(89-93-95)36-127-84-80(139-60(16)113)76(135-56(12)109)72(131-52(8)105)68(143-84)40-125-48(4)101/h29-32,65-84H,17-28,33-44H2,1-16H3/t65-,66-,67-,68-,69-,70-,71-,72-,73+,74+,75+,76+,77+,78+,79-,80-,81+,82+,83+,84+/m1/s1. The fraction of sp³-hybridized carbons (Fsp3) is 0.718. The molecule has 0 aromatic carbocycles. The van der Waals surface area contributed by atoms with E-state index in [9.17, 15) is 76.7 Å². The summed E-state index contributed by atoms with van der Waals surface area (Å²) in [5.74, 6) is -13.0. The first-order chi connectivity index (χ1) is 68.0. The fourth-order valence-electron chi connectivity index (χ4n) is 14.5. The number of hydrogen-bond donors (Lipinski definition) is 0. The van der Waals surface area contributed by atoms with Gasteiger partial charge in [0.25, 0.3) is 0 Å². The molecule has 58 heteroatoms. The van der Waals surface area contributed by atoms with Crippen LogP contribution in [-0.4, -0.2) is 384 Å². The van der Waals surface area contributed by atoms with Gasteiger partial charge in [-0.2, -0.15) is 0 Å². The molecule has 4 saturated heterocycles. The molecule has 143 heavy (non-hydrogen) atoms. The summed E-state index contributed by atoms with van der Waals surface area (Å²) in [4.78, 5) is 197. The normalized spacial score (nSPS) is 24.1. The van der Waals surface area contributed by atoms with Gasteiger partial charge in [-0.1, -0.05) is 20.9 Å². The van der Waals surface area contributed by atoms with Crippen LogP contribution in [0.4, 0.5) is 0 Å². The van der Waals surface area contributed by atoms with E-state index in [1.54, 1.807) is 0 Å². The summed E-state index contributed by atoms with van der Waals surface area (Å²) in [6.07, 6.45) is -23.0. The monoisotopic (exact) mass is 2040 g/mol. The molecule has 0 unspecified atom stereocenters. The van der Waals surface area contributed by atoms with E-state index < -0.39 is 250 Å². The minimum Gasteiger partial charge on any atom is -0.463 e. The second-order valence-corrected chi connectivity index (χ2v) is 32.3. The number of esters is 16. The van der Waals surface area contributed by atoms with E-state index in [0.29, 0.717) is 0 Å². The fourth-order valence-corrected chi connectivity index (χ4v) is 14.5. The van der Waals surface area contributed by atoms with Crippen molar-refractivity contribution in [3.8, 4) is 0 Å². The summed E-state index contributed by atoms with van der Waals surface area (Å²) < 4.78 is 179. The Morgan fingerprint density at radius 2 is 0.441 bits per heavy atom. The van der Waals surface area contributed by atoms with Gasteiger partial charge >= 0.3 is 95.5 Å². The van der Waals surface area contributed by atoms with E-state index >= 15 is 0 Å². The first-order valence-corrected chi connectivity index (χ1v) is 44.7. The molecule has 4 aromatic rings. The molecular formula is C85H120N12O46. The zero-order valence-electron chi connectivity index (χ0n) is 81.5. The lowest BCUT2D eigenvalue weighted by Crippen LogP contribution is -2.63. The first-order valence-electron chi connectivity index (χ1n) is 44.7. The van der Waals surface area contributed by atoms with Crippen molar-refractivity contribution in [2.24, 2.45) is 5.41 Å². The number of rotatable bonds is 58. The molecule has 796 valence electrons. The number of carbonyl (C=O) groups excluding carboxylic acids is 16. The second-order valence-electron chi connectivity index (χ2n) is 32.3. The van der Waals surface area contributed by atoms with Crippen molar-refractivity contribution in [2.75, 3.05) is 106 Å². The Labute approximate surface area is 816 Å². The van der Waals surface area contributed by atoms with Crippen LogP contribution in [0.1, 0.15) is 134 Å². The molecule has 4 aliphatic rings. The third kappa shape index (κ3) is 40.0. The molecule has 0 amide bonds. The molecule has 0 bridgehead atoms. The Morgan fingerprint density at radius 1 is 0.238 bits per heavy atom. The molecule has 0 saturated carbocycles. The van der Waals surface area contributed by atoms with Gasteiger partial charge in [-0.05, 0) is 0 Å². The van der Waals surface area contributed by atoms with Gasteiger partial charge in [0.2, 0.25) is 0 Å². The molecule has 58 nitrogen and oxygen atoms in total. The van der Waals surface area contributed by atoms with Crippen molar-refractivity contribution < 1.29 is 219 Å². The molecule has 20 atom stereocenters. The Bertz CT molecular complexity index is 4560. The molecule has 4 aromatic heterocycles. The van der Waals surface area contributed by atoms with E-state index in [0.717, 1.165) is 111 Å². The SMILES string of the molecule is CC(=O)OC[C@H]1O[C@H](OCCn2cc(COCC(COCCOCCn3cc(CO[C@H]4O[C@H](COC(C)=O)[C@@H](OC(C)=O)[C@H](OC(C)=O)[C@H]4OC(C)=O)nn3)(COCCOCCn3cc(CO[C@H]4O[C@H](COC(C)=O)[C@@H](OC(C)=O)[C@H](OC(C)=O)[C@H]4OC(C)=O)nn3)COCc3cn(CCO[C@H]4O[C@H](COC(C)=O)[C@@H](OC(C)=O)[C@H](OC(C)=O)[C@@H]4OC(C)=O)nn3)nn2)[C@@H](OC(C)=O)[C@@H](OC(C)=O)[C@@H]1OC(C)=O. The highest BCUT2D eigenvalue weighted by atomic mass is 16.8. The minimum absolute atomic E-state index is 0.0240. The quantitative estimate of drug-likeness (QED) is 0.0253. The maximum atomic E-state index is 12.6. The Hall–Kier alpha value is -12.5. The van der Waals surface area contributed by atoms with Crippen molar-refractivity contribution in [1.82, 2.24) is 60.0 Å². The molecule has 0 radical (unpaired) electrons. The summed E-state index contributed by atoms with van der Waals surface area (Å²) in [7, 11) is 0. The summed E-state index contributed by atoms with van der Waals surface area (Å²) in [5.41, 5.74) is -0.274. The maximum absolute atomic E-state index is 12.6. The Balaban J connectivity index is 1.00. The molecule has 8 rings (SSSR count). The van der Waals surface area contributed by atoms with Crippen molar-refractivity contribution in [1.29, 1.82) is 0 Å². The predicted octanol–water partition coefficient (Wildman–Crippen LogP) is -2.36. The van der Waals surface area contributed by atoms with Gasteiger partial charge in [0.1, 0.15) is 73.6 Å². The Kier molecular flexibility index (Phi) is 47.2. The largest absolute Gasteiger partial charge is 0.463 e. The lowest BCUT2D eigenvalue weighted by molar-refractivity contribution is -0.310. The first kappa shape index (κ1) is 116. The number of ether oxygens (including phenoxy) is 30. The molecule has 4 fully saturated rings. The molecule has 0 aliphatic carbocycles. The average molecular weight is 2050 g/mol. The highest BCUT2D eigenvalue weighted by molar-refractivity contribution is 5.72. The van der Waals surface area contributed by atoms with E-state index in [1.165, 1.54) is 43.5 Å².